The van der Waals surface area contributed by atoms with E-state index >= 15 is 0 Å². The van der Waals surface area contributed by atoms with E-state index < -0.39 is 8.07 Å². The molecule has 0 atom stereocenters. The summed E-state index contributed by atoms with van der Waals surface area (Å²) < 4.78 is 20.0. The van der Waals surface area contributed by atoms with Gasteiger partial charge in [-0.2, -0.15) is 15.1 Å². The molecule has 2 saturated heterocycles. The molecule has 0 aliphatic carbocycles. The van der Waals surface area contributed by atoms with Crippen LogP contribution in [-0.4, -0.2) is 109 Å². The van der Waals surface area contributed by atoms with E-state index in [2.05, 4.69) is 53.4 Å². The highest BCUT2D eigenvalue weighted by Gasteiger charge is 2.30. The molecule has 0 radical (unpaired) electrons. The van der Waals surface area contributed by atoms with Crippen molar-refractivity contribution in [3.8, 4) is 6.01 Å². The smallest absolute Gasteiger partial charge is 0.410 e. The summed E-state index contributed by atoms with van der Waals surface area (Å²) in [6.45, 7) is 18.7. The summed E-state index contributed by atoms with van der Waals surface area (Å²) in [7, 11) is -1.17. The Morgan fingerprint density at radius 2 is 1.67 bits per heavy atom. The number of benzene rings is 2. The highest BCUT2D eigenvalue weighted by molar-refractivity contribution is 6.76. The first kappa shape index (κ1) is 38.1. The number of aromatic nitrogens is 4. The largest absolute Gasteiger partial charge is 0.463 e. The first-order chi connectivity index (χ1) is 26.2. The van der Waals surface area contributed by atoms with Crippen LogP contribution in [0.25, 0.3) is 10.9 Å². The van der Waals surface area contributed by atoms with Crippen molar-refractivity contribution < 1.29 is 19.0 Å². The molecule has 2 aromatic carbocycles. The zero-order valence-electron chi connectivity index (χ0n) is 32.8. The van der Waals surface area contributed by atoms with Crippen molar-refractivity contribution in [3.05, 3.63) is 71.0 Å². The molecule has 3 aliphatic heterocycles. The van der Waals surface area contributed by atoms with Crippen molar-refractivity contribution in [1.82, 2.24) is 29.5 Å². The minimum Gasteiger partial charge on any atom is -0.463 e. The number of piperidine rings is 1. The van der Waals surface area contributed by atoms with Crippen molar-refractivity contribution in [2.45, 2.75) is 84.6 Å². The van der Waals surface area contributed by atoms with Gasteiger partial charge in [0, 0.05) is 64.9 Å². The Balaban J connectivity index is 1.07. The van der Waals surface area contributed by atoms with Crippen molar-refractivity contribution in [2.75, 3.05) is 75.4 Å². The van der Waals surface area contributed by atoms with Gasteiger partial charge in [-0.1, -0.05) is 62.5 Å². The highest BCUT2D eigenvalue weighted by atomic mass is 28.3. The van der Waals surface area contributed by atoms with Gasteiger partial charge in [0.25, 0.3) is 0 Å². The lowest BCUT2D eigenvalue weighted by atomic mass is 10.0. The first-order valence-corrected chi connectivity index (χ1v) is 23.7. The number of nitrogens with zero attached hydrogens (tertiary/aromatic N) is 8. The van der Waals surface area contributed by atoms with Crippen molar-refractivity contribution in [3.63, 3.8) is 0 Å². The predicted octanol–water partition coefficient (Wildman–Crippen LogP) is 6.72. The number of ether oxygens (including phenoxy) is 3. The third-order valence-corrected chi connectivity index (χ3v) is 12.6. The lowest BCUT2D eigenvalue weighted by Gasteiger charge is -2.38. The van der Waals surface area contributed by atoms with Crippen molar-refractivity contribution in [1.29, 1.82) is 0 Å². The third-order valence-electron chi connectivity index (χ3n) is 10.9. The van der Waals surface area contributed by atoms with E-state index in [0.717, 1.165) is 66.6 Å². The topological polar surface area (TPSA) is 101 Å². The molecule has 3 aliphatic rings. The summed E-state index contributed by atoms with van der Waals surface area (Å²) in [6, 6.07) is 15.7. The highest BCUT2D eigenvalue weighted by Crippen LogP contribution is 2.36. The standard InChI is InChI=1S/C41H58N8O4Si/c1-32-14-15-37-35(28-42-49(37)31-51-26-27-54(2,3)4)38(32)48-20-16-34-36(29-48)43-40(52-25-11-19-45-17-9-6-10-18-45)44-39(34)46-21-23-47(24-22-46)41(50)53-30-33-12-7-5-8-13-33/h5,7-8,12-15,28H,6,9-11,16-27,29-31H2,1-4H3. The van der Waals surface area contributed by atoms with E-state index in [9.17, 15) is 4.79 Å². The summed E-state index contributed by atoms with van der Waals surface area (Å²) in [4.78, 5) is 32.2. The van der Waals surface area contributed by atoms with E-state index in [0.29, 0.717) is 52.1 Å². The van der Waals surface area contributed by atoms with Crippen LogP contribution in [0.3, 0.4) is 0 Å². The van der Waals surface area contributed by atoms with Crippen LogP contribution in [0, 0.1) is 6.92 Å². The van der Waals surface area contributed by atoms with Gasteiger partial charge in [-0.05, 0) is 68.9 Å². The minimum atomic E-state index is -1.17. The van der Waals surface area contributed by atoms with Crippen molar-refractivity contribution >= 4 is 36.6 Å². The molecule has 54 heavy (non-hydrogen) atoms. The zero-order chi connectivity index (χ0) is 37.5. The molecular formula is C41H58N8O4Si. The monoisotopic (exact) mass is 754 g/mol. The second-order valence-electron chi connectivity index (χ2n) is 16.2. The van der Waals surface area contributed by atoms with Crippen LogP contribution in [0.5, 0.6) is 6.01 Å². The summed E-state index contributed by atoms with van der Waals surface area (Å²) in [5, 5.41) is 5.89. The number of rotatable bonds is 14. The number of carbonyl (C=O) groups excluding carboxylic acids is 1. The van der Waals surface area contributed by atoms with Gasteiger partial charge in [0.1, 0.15) is 19.2 Å². The maximum absolute atomic E-state index is 13.0. The molecule has 5 heterocycles. The molecule has 12 nitrogen and oxygen atoms in total. The molecule has 4 aromatic rings. The zero-order valence-corrected chi connectivity index (χ0v) is 33.8. The summed E-state index contributed by atoms with van der Waals surface area (Å²) >= 11 is 0. The van der Waals surface area contributed by atoms with Crippen molar-refractivity contribution in [2.24, 2.45) is 0 Å². The number of likely N-dealkylation sites (tertiary alicyclic amines) is 1. The molecule has 1 amide bonds. The Morgan fingerprint density at radius 1 is 0.870 bits per heavy atom. The van der Waals surface area contributed by atoms with Gasteiger partial charge < -0.3 is 33.8 Å². The van der Waals surface area contributed by atoms with Gasteiger partial charge in [-0.15, -0.1) is 0 Å². The van der Waals surface area contributed by atoms with E-state index in [4.69, 9.17) is 29.3 Å². The van der Waals surface area contributed by atoms with Crippen LogP contribution in [0.1, 0.15) is 48.1 Å². The maximum atomic E-state index is 13.0. The predicted molar refractivity (Wildman–Crippen MR) is 216 cm³/mol. The third kappa shape index (κ3) is 9.53. The Bertz CT molecular complexity index is 1850. The summed E-state index contributed by atoms with van der Waals surface area (Å²) in [5.41, 5.74) is 6.64. The fourth-order valence-corrected chi connectivity index (χ4v) is 8.51. The molecule has 0 spiro atoms. The molecule has 2 fully saturated rings. The molecular weight excluding hydrogens is 697 g/mol. The van der Waals surface area contributed by atoms with Crippen LogP contribution in [0.4, 0.5) is 16.3 Å². The second kappa shape index (κ2) is 17.5. The fraction of sp³-hybridized carbons (Fsp3) is 0.561. The number of piperazine rings is 1. The van der Waals surface area contributed by atoms with Gasteiger partial charge >= 0.3 is 12.1 Å². The molecule has 0 saturated carbocycles. The molecule has 13 heteroatoms. The first-order valence-electron chi connectivity index (χ1n) is 20.0. The lowest BCUT2D eigenvalue weighted by Crippen LogP contribution is -2.49. The van der Waals surface area contributed by atoms with Crippen LogP contribution >= 0.6 is 0 Å². The second-order valence-corrected chi connectivity index (χ2v) is 21.8. The molecule has 0 bridgehead atoms. The van der Waals surface area contributed by atoms with Crippen LogP contribution in [0.2, 0.25) is 25.7 Å². The molecule has 7 rings (SSSR count). The van der Waals surface area contributed by atoms with E-state index in [1.807, 2.05) is 41.2 Å². The van der Waals surface area contributed by atoms with Gasteiger partial charge in [0.15, 0.2) is 0 Å². The van der Waals surface area contributed by atoms with Crippen LogP contribution in [0.15, 0.2) is 48.7 Å². The van der Waals surface area contributed by atoms with E-state index in [1.54, 1.807) is 4.90 Å². The van der Waals surface area contributed by atoms with Gasteiger partial charge in [-0.3, -0.25) is 0 Å². The van der Waals surface area contributed by atoms with Gasteiger partial charge in [0.05, 0.1) is 36.2 Å². The normalized spacial score (nSPS) is 16.9. The lowest BCUT2D eigenvalue weighted by molar-refractivity contribution is 0.0817. The van der Waals surface area contributed by atoms with Crippen LogP contribution in [-0.2, 0) is 35.8 Å². The number of hydrogen-bond acceptors (Lipinski definition) is 10. The number of hydrogen-bond donors (Lipinski definition) is 0. The maximum Gasteiger partial charge on any atom is 0.410 e. The van der Waals surface area contributed by atoms with Gasteiger partial charge in [0.2, 0.25) is 0 Å². The number of carbonyl (C=O) groups is 1. The average molecular weight is 755 g/mol. The number of fused-ring (bicyclic) bond motifs is 2. The Morgan fingerprint density at radius 3 is 2.44 bits per heavy atom. The number of amides is 1. The summed E-state index contributed by atoms with van der Waals surface area (Å²) in [6.07, 6.45) is 7.37. The van der Waals surface area contributed by atoms with Gasteiger partial charge in [-0.25, -0.2) is 9.48 Å². The average Bonchev–Trinajstić information content (AvgIpc) is 3.59. The minimum absolute atomic E-state index is 0.273. The molecule has 0 N–H and O–H groups in total. The molecule has 290 valence electrons. The summed E-state index contributed by atoms with van der Waals surface area (Å²) in [5.74, 6) is 0.932. The Kier molecular flexibility index (Phi) is 12.3. The Labute approximate surface area is 321 Å². The van der Waals surface area contributed by atoms with E-state index in [1.165, 1.54) is 49.2 Å². The SMILES string of the molecule is Cc1ccc2c(cnn2COCC[Si](C)(C)C)c1N1CCc2c(nc(OCCCN3CCCCC3)nc2N2CCN(C(=O)OCc3ccccc3)CC2)C1. The van der Waals surface area contributed by atoms with E-state index in [-0.39, 0.29) is 12.7 Å². The van der Waals surface area contributed by atoms with Crippen LogP contribution < -0.4 is 14.5 Å². The molecule has 2 aromatic heterocycles. The molecule has 0 unspecified atom stereocenters. The Hall–Kier alpha value is -4.20. The fourth-order valence-electron chi connectivity index (χ4n) is 7.75. The quantitative estimate of drug-likeness (QED) is 0.102. The number of anilines is 2. The number of aryl methyl sites for hydroxylation is 1.